The number of ether oxygens (including phenoxy) is 1. The van der Waals surface area contributed by atoms with Crippen LogP contribution >= 0.6 is 0 Å². The summed E-state index contributed by atoms with van der Waals surface area (Å²) in [5.74, 6) is 0.333. The van der Waals surface area contributed by atoms with E-state index in [0.717, 1.165) is 13.0 Å². The van der Waals surface area contributed by atoms with Gasteiger partial charge in [0.15, 0.2) is 0 Å². The molecule has 1 heterocycles. The average molecular weight is 193 g/mol. The molecule has 0 radical (unpaired) electrons. The average Bonchev–Trinajstić information content (AvgIpc) is 2.29. The Hall–Kier alpha value is -0.130. The Morgan fingerprint density at radius 2 is 2.25 bits per heavy atom. The first-order valence-electron chi connectivity index (χ1n) is 4.05. The maximum absolute atomic E-state index is 10.7. The van der Waals surface area contributed by atoms with Crippen molar-refractivity contribution in [3.8, 4) is 0 Å². The van der Waals surface area contributed by atoms with Crippen molar-refractivity contribution in [3.05, 3.63) is 0 Å². The van der Waals surface area contributed by atoms with E-state index in [1.165, 1.54) is 6.26 Å². The van der Waals surface area contributed by atoms with Crippen LogP contribution in [0.1, 0.15) is 13.3 Å². The third kappa shape index (κ3) is 3.08. The van der Waals surface area contributed by atoms with Crippen molar-refractivity contribution >= 4 is 10.0 Å². The summed E-state index contributed by atoms with van der Waals surface area (Å²) in [6.45, 7) is 3.22. The number of hydrogen-bond donors (Lipinski definition) is 1. The van der Waals surface area contributed by atoms with Crippen molar-refractivity contribution in [1.29, 1.82) is 0 Å². The summed E-state index contributed by atoms with van der Waals surface area (Å²) in [6, 6.07) is 0. The summed E-state index contributed by atoms with van der Waals surface area (Å²) in [4.78, 5) is 0. The van der Waals surface area contributed by atoms with Gasteiger partial charge in [-0.2, -0.15) is 0 Å². The van der Waals surface area contributed by atoms with Crippen LogP contribution in [0.15, 0.2) is 0 Å². The summed E-state index contributed by atoms with van der Waals surface area (Å²) < 4.78 is 29.3. The summed E-state index contributed by atoms with van der Waals surface area (Å²) >= 11 is 0. The number of rotatable bonds is 3. The Morgan fingerprint density at radius 3 is 2.67 bits per heavy atom. The zero-order valence-electron chi connectivity index (χ0n) is 7.41. The molecular formula is C7H15NO3S. The van der Waals surface area contributed by atoms with E-state index in [9.17, 15) is 8.42 Å². The van der Waals surface area contributed by atoms with Crippen molar-refractivity contribution in [2.75, 3.05) is 19.4 Å². The summed E-state index contributed by atoms with van der Waals surface area (Å²) in [7, 11) is -3.04. The Balaban J connectivity index is 2.32. The zero-order valence-corrected chi connectivity index (χ0v) is 8.23. The van der Waals surface area contributed by atoms with Crippen LogP contribution in [-0.2, 0) is 14.8 Å². The molecule has 72 valence electrons. The highest BCUT2D eigenvalue weighted by Crippen LogP contribution is 2.19. The highest BCUT2D eigenvalue weighted by atomic mass is 32.2. The van der Waals surface area contributed by atoms with Gasteiger partial charge < -0.3 is 4.74 Å². The van der Waals surface area contributed by atoms with Crippen LogP contribution in [0.5, 0.6) is 0 Å². The molecule has 0 aromatic rings. The van der Waals surface area contributed by atoms with E-state index in [-0.39, 0.29) is 6.10 Å². The fourth-order valence-electron chi connectivity index (χ4n) is 1.30. The quantitative estimate of drug-likeness (QED) is 0.684. The lowest BCUT2D eigenvalue weighted by Gasteiger charge is -2.13. The highest BCUT2D eigenvalue weighted by molar-refractivity contribution is 7.88. The van der Waals surface area contributed by atoms with Crippen LogP contribution in [0.25, 0.3) is 0 Å². The summed E-state index contributed by atoms with van der Waals surface area (Å²) in [5.41, 5.74) is 0. The number of hydrogen-bond acceptors (Lipinski definition) is 3. The lowest BCUT2D eigenvalue weighted by molar-refractivity contribution is 0.107. The van der Waals surface area contributed by atoms with Gasteiger partial charge in [-0.25, -0.2) is 13.1 Å². The molecule has 0 aromatic carbocycles. The molecule has 1 N–H and O–H groups in total. The predicted octanol–water partition coefficient (Wildman–Crippen LogP) is -0.0394. The monoisotopic (exact) mass is 193 g/mol. The van der Waals surface area contributed by atoms with E-state index in [0.29, 0.717) is 12.5 Å². The molecule has 1 aliphatic rings. The first kappa shape index (κ1) is 9.95. The fourth-order valence-corrected chi connectivity index (χ4v) is 1.82. The second kappa shape index (κ2) is 3.72. The van der Waals surface area contributed by atoms with Crippen LogP contribution < -0.4 is 4.72 Å². The molecule has 0 saturated carbocycles. The molecule has 1 fully saturated rings. The molecule has 0 aromatic heterocycles. The maximum Gasteiger partial charge on any atom is 0.208 e. The van der Waals surface area contributed by atoms with Crippen LogP contribution in [0.3, 0.4) is 0 Å². The van der Waals surface area contributed by atoms with Gasteiger partial charge in [0.25, 0.3) is 0 Å². The van der Waals surface area contributed by atoms with Crippen LogP contribution in [0, 0.1) is 5.92 Å². The second-order valence-electron chi connectivity index (χ2n) is 3.25. The molecule has 12 heavy (non-hydrogen) atoms. The van der Waals surface area contributed by atoms with Crippen molar-refractivity contribution in [2.45, 2.75) is 19.4 Å². The molecule has 0 spiro atoms. The maximum atomic E-state index is 10.7. The van der Waals surface area contributed by atoms with Gasteiger partial charge in [0.2, 0.25) is 10.0 Å². The first-order chi connectivity index (χ1) is 5.49. The van der Waals surface area contributed by atoms with Gasteiger partial charge in [-0.05, 0) is 13.3 Å². The summed E-state index contributed by atoms with van der Waals surface area (Å²) in [6.07, 6.45) is 2.30. The van der Waals surface area contributed by atoms with Gasteiger partial charge >= 0.3 is 0 Å². The number of sulfonamides is 1. The molecule has 2 atom stereocenters. The van der Waals surface area contributed by atoms with Gasteiger partial charge in [-0.15, -0.1) is 0 Å². The second-order valence-corrected chi connectivity index (χ2v) is 5.08. The van der Waals surface area contributed by atoms with E-state index in [2.05, 4.69) is 4.72 Å². The third-order valence-corrected chi connectivity index (χ3v) is 2.83. The van der Waals surface area contributed by atoms with Gasteiger partial charge in [0.1, 0.15) is 0 Å². The van der Waals surface area contributed by atoms with Gasteiger partial charge in [-0.3, -0.25) is 0 Å². The normalized spacial score (nSPS) is 30.8. The fraction of sp³-hybridized carbons (Fsp3) is 1.00. The van der Waals surface area contributed by atoms with Gasteiger partial charge in [0, 0.05) is 19.1 Å². The smallest absolute Gasteiger partial charge is 0.208 e. The Bertz CT molecular complexity index is 237. The molecule has 2 unspecified atom stereocenters. The Kier molecular flexibility index (Phi) is 3.09. The highest BCUT2D eigenvalue weighted by Gasteiger charge is 2.24. The van der Waals surface area contributed by atoms with Crippen molar-refractivity contribution in [3.63, 3.8) is 0 Å². The SMILES string of the molecule is CC1OCCC1CNS(C)(=O)=O. The predicted molar refractivity (Wildman–Crippen MR) is 46.4 cm³/mol. The minimum Gasteiger partial charge on any atom is -0.378 e. The molecule has 0 amide bonds. The van der Waals surface area contributed by atoms with E-state index in [1.54, 1.807) is 0 Å². The molecule has 0 aliphatic carbocycles. The summed E-state index contributed by atoms with van der Waals surface area (Å²) in [5, 5.41) is 0. The van der Waals surface area contributed by atoms with Crippen LogP contribution in [0.2, 0.25) is 0 Å². The molecule has 4 nitrogen and oxygen atoms in total. The number of nitrogens with one attached hydrogen (secondary N) is 1. The molecular weight excluding hydrogens is 178 g/mol. The lowest BCUT2D eigenvalue weighted by Crippen LogP contribution is -2.31. The molecule has 1 rings (SSSR count). The van der Waals surface area contributed by atoms with Gasteiger partial charge in [-0.1, -0.05) is 0 Å². The molecule has 1 aliphatic heterocycles. The standard InChI is InChI=1S/C7H15NO3S/c1-6-7(3-4-11-6)5-8-12(2,9)10/h6-8H,3-5H2,1-2H3. The topological polar surface area (TPSA) is 55.4 Å². The van der Waals surface area contributed by atoms with Crippen molar-refractivity contribution in [1.82, 2.24) is 4.72 Å². The lowest BCUT2D eigenvalue weighted by atomic mass is 10.0. The van der Waals surface area contributed by atoms with E-state index in [4.69, 9.17) is 4.74 Å². The van der Waals surface area contributed by atoms with E-state index in [1.807, 2.05) is 6.92 Å². The van der Waals surface area contributed by atoms with Crippen molar-refractivity contribution in [2.24, 2.45) is 5.92 Å². The van der Waals surface area contributed by atoms with Crippen LogP contribution in [-0.4, -0.2) is 33.9 Å². The van der Waals surface area contributed by atoms with E-state index >= 15 is 0 Å². The van der Waals surface area contributed by atoms with E-state index < -0.39 is 10.0 Å². The van der Waals surface area contributed by atoms with Crippen LogP contribution in [0.4, 0.5) is 0 Å². The Labute approximate surface area is 73.3 Å². The largest absolute Gasteiger partial charge is 0.378 e. The third-order valence-electron chi connectivity index (χ3n) is 2.14. The van der Waals surface area contributed by atoms with Crippen molar-refractivity contribution < 1.29 is 13.2 Å². The Morgan fingerprint density at radius 1 is 1.58 bits per heavy atom. The van der Waals surface area contributed by atoms with Gasteiger partial charge in [0.05, 0.1) is 12.4 Å². The zero-order chi connectivity index (χ0) is 9.19. The minimum absolute atomic E-state index is 0.180. The molecule has 0 bridgehead atoms. The molecule has 1 saturated heterocycles. The first-order valence-corrected chi connectivity index (χ1v) is 5.94. The molecule has 5 heteroatoms. The minimum atomic E-state index is -3.04.